The van der Waals surface area contributed by atoms with E-state index < -0.39 is 16.8 Å². The predicted molar refractivity (Wildman–Crippen MR) is 72.0 cm³/mol. The molecule has 2 rings (SSSR count). The summed E-state index contributed by atoms with van der Waals surface area (Å²) < 4.78 is 13.2. The Hall–Kier alpha value is -2.18. The molecule has 0 saturated carbocycles. The molecule has 20 heavy (non-hydrogen) atoms. The number of nitrogens with one attached hydrogen (secondary N) is 1. The molecule has 108 valence electrons. The first-order chi connectivity index (χ1) is 9.47. The summed E-state index contributed by atoms with van der Waals surface area (Å²) in [5, 5.41) is 13.3. The van der Waals surface area contributed by atoms with Gasteiger partial charge >= 0.3 is 6.03 Å². The number of hydrogen-bond donors (Lipinski definition) is 1. The first-order valence-corrected chi connectivity index (χ1v) is 6.47. The molecule has 1 aromatic carbocycles. The van der Waals surface area contributed by atoms with Crippen LogP contribution in [0.15, 0.2) is 18.2 Å². The van der Waals surface area contributed by atoms with E-state index in [9.17, 15) is 19.3 Å². The minimum absolute atomic E-state index is 0.112. The normalized spacial score (nSPS) is 16.0. The van der Waals surface area contributed by atoms with Crippen LogP contribution in [0.3, 0.4) is 0 Å². The zero-order chi connectivity index (χ0) is 14.7. The van der Waals surface area contributed by atoms with Gasteiger partial charge in [-0.15, -0.1) is 0 Å². The van der Waals surface area contributed by atoms with Gasteiger partial charge in [0.05, 0.1) is 4.92 Å². The number of benzene rings is 1. The van der Waals surface area contributed by atoms with Crippen LogP contribution in [0.2, 0.25) is 0 Å². The van der Waals surface area contributed by atoms with Crippen molar-refractivity contribution >= 4 is 17.4 Å². The molecule has 0 bridgehead atoms. The second kappa shape index (κ2) is 5.85. The number of amides is 2. The number of nitro benzene ring substituents is 1. The van der Waals surface area contributed by atoms with Gasteiger partial charge in [-0.05, 0) is 24.8 Å². The molecule has 0 aliphatic carbocycles. The van der Waals surface area contributed by atoms with Crippen LogP contribution in [-0.2, 0) is 0 Å². The van der Waals surface area contributed by atoms with Crippen molar-refractivity contribution < 1.29 is 14.1 Å². The number of piperidine rings is 1. The summed E-state index contributed by atoms with van der Waals surface area (Å²) in [6.07, 6.45) is 1.80. The maximum Gasteiger partial charge on any atom is 0.322 e. The summed E-state index contributed by atoms with van der Waals surface area (Å²) in [5.41, 5.74) is -0.427. The smallest absolute Gasteiger partial charge is 0.322 e. The van der Waals surface area contributed by atoms with E-state index in [1.807, 2.05) is 0 Å². The third-order valence-electron chi connectivity index (χ3n) is 3.47. The number of carbonyl (C=O) groups excluding carboxylic acids is 1. The summed E-state index contributed by atoms with van der Waals surface area (Å²) in [6.45, 7) is 3.33. The van der Waals surface area contributed by atoms with Gasteiger partial charge in [-0.3, -0.25) is 10.1 Å². The molecule has 0 radical (unpaired) electrons. The van der Waals surface area contributed by atoms with Crippen molar-refractivity contribution in [1.29, 1.82) is 0 Å². The highest BCUT2D eigenvalue weighted by Crippen LogP contribution is 2.26. The second-order valence-electron chi connectivity index (χ2n) is 5.02. The fraction of sp³-hybridized carbons (Fsp3) is 0.462. The van der Waals surface area contributed by atoms with Crippen LogP contribution < -0.4 is 5.32 Å². The molecule has 1 aliphatic rings. The van der Waals surface area contributed by atoms with Crippen molar-refractivity contribution in [2.75, 3.05) is 18.4 Å². The Bertz CT molecular complexity index is 528. The van der Waals surface area contributed by atoms with Gasteiger partial charge in [0.1, 0.15) is 11.5 Å². The quantitative estimate of drug-likeness (QED) is 0.668. The van der Waals surface area contributed by atoms with Crippen LogP contribution in [-0.4, -0.2) is 28.9 Å². The summed E-state index contributed by atoms with van der Waals surface area (Å²) in [7, 11) is 0. The lowest BCUT2D eigenvalue weighted by atomic mass is 10.00. The van der Waals surface area contributed by atoms with Gasteiger partial charge in [-0.2, -0.15) is 0 Å². The van der Waals surface area contributed by atoms with Crippen LogP contribution in [0, 0.1) is 21.8 Å². The van der Waals surface area contributed by atoms with Gasteiger partial charge in [-0.25, -0.2) is 9.18 Å². The maximum absolute atomic E-state index is 13.2. The number of anilines is 1. The first kappa shape index (κ1) is 14.2. The molecule has 1 heterocycles. The van der Waals surface area contributed by atoms with Gasteiger partial charge in [0.25, 0.3) is 5.69 Å². The predicted octanol–water partition coefficient (Wildman–Crippen LogP) is 3.00. The number of hydrogen-bond acceptors (Lipinski definition) is 3. The number of likely N-dealkylation sites (tertiary alicyclic amines) is 1. The first-order valence-electron chi connectivity index (χ1n) is 6.47. The molecule has 0 unspecified atom stereocenters. The minimum atomic E-state index is -0.646. The van der Waals surface area contributed by atoms with Crippen molar-refractivity contribution in [3.8, 4) is 0 Å². The Morgan fingerprint density at radius 1 is 1.45 bits per heavy atom. The topological polar surface area (TPSA) is 75.5 Å². The van der Waals surface area contributed by atoms with E-state index in [0.717, 1.165) is 31.0 Å². The number of urea groups is 1. The minimum Gasteiger partial charge on any atom is -0.325 e. The van der Waals surface area contributed by atoms with Gasteiger partial charge in [-0.1, -0.05) is 6.92 Å². The van der Waals surface area contributed by atoms with Crippen LogP contribution in [0.5, 0.6) is 0 Å². The van der Waals surface area contributed by atoms with Crippen LogP contribution in [0.25, 0.3) is 0 Å². The van der Waals surface area contributed by atoms with Gasteiger partial charge in [0.15, 0.2) is 0 Å². The highest BCUT2D eigenvalue weighted by molar-refractivity contribution is 5.91. The van der Waals surface area contributed by atoms with Crippen molar-refractivity contribution in [3.63, 3.8) is 0 Å². The molecule has 0 atom stereocenters. The van der Waals surface area contributed by atoms with E-state index in [0.29, 0.717) is 19.0 Å². The van der Waals surface area contributed by atoms with Gasteiger partial charge in [0.2, 0.25) is 0 Å². The van der Waals surface area contributed by atoms with Gasteiger partial charge in [0, 0.05) is 25.2 Å². The molecule has 0 spiro atoms. The third-order valence-corrected chi connectivity index (χ3v) is 3.47. The molecule has 1 N–H and O–H groups in total. The number of carbonyl (C=O) groups is 1. The Kier molecular flexibility index (Phi) is 4.16. The average Bonchev–Trinajstić information content (AvgIpc) is 2.39. The molecule has 1 fully saturated rings. The highest BCUT2D eigenvalue weighted by atomic mass is 19.1. The van der Waals surface area contributed by atoms with Crippen molar-refractivity contribution in [3.05, 3.63) is 34.1 Å². The Morgan fingerprint density at radius 3 is 2.70 bits per heavy atom. The summed E-state index contributed by atoms with van der Waals surface area (Å²) in [5.74, 6) is -0.0549. The average molecular weight is 281 g/mol. The Labute approximate surface area is 115 Å². The Morgan fingerprint density at radius 2 is 2.10 bits per heavy atom. The van der Waals surface area contributed by atoms with E-state index in [2.05, 4.69) is 12.2 Å². The molecule has 1 aromatic rings. The SMILES string of the molecule is CC1CCN(C(=O)Nc2cc(F)ccc2[N+](=O)[O-])CC1. The van der Waals surface area contributed by atoms with E-state index >= 15 is 0 Å². The largest absolute Gasteiger partial charge is 0.325 e. The van der Waals surface area contributed by atoms with E-state index in [4.69, 9.17) is 0 Å². The van der Waals surface area contributed by atoms with Gasteiger partial charge < -0.3 is 10.2 Å². The molecule has 0 aromatic heterocycles. The standard InChI is InChI=1S/C13H16FN3O3/c1-9-4-6-16(7-5-9)13(18)15-11-8-10(14)2-3-12(11)17(19)20/h2-3,8-9H,4-7H2,1H3,(H,15,18). The molecule has 7 heteroatoms. The summed E-state index contributed by atoms with van der Waals surface area (Å²) >= 11 is 0. The molecule has 2 amide bonds. The van der Waals surface area contributed by atoms with E-state index in [-0.39, 0.29) is 11.4 Å². The molecular formula is C13H16FN3O3. The van der Waals surface area contributed by atoms with E-state index in [1.54, 1.807) is 4.90 Å². The number of halogens is 1. The Balaban J connectivity index is 2.11. The molecular weight excluding hydrogens is 265 g/mol. The van der Waals surface area contributed by atoms with Crippen LogP contribution >= 0.6 is 0 Å². The van der Waals surface area contributed by atoms with Crippen LogP contribution in [0.4, 0.5) is 20.6 Å². The molecule has 6 nitrogen and oxygen atoms in total. The van der Waals surface area contributed by atoms with Crippen molar-refractivity contribution in [2.24, 2.45) is 5.92 Å². The van der Waals surface area contributed by atoms with Crippen molar-refractivity contribution in [2.45, 2.75) is 19.8 Å². The summed E-state index contributed by atoms with van der Waals surface area (Å²) in [6, 6.07) is 2.58. The number of nitrogens with zero attached hydrogens (tertiary/aromatic N) is 2. The maximum atomic E-state index is 13.2. The fourth-order valence-electron chi connectivity index (χ4n) is 2.17. The lowest BCUT2D eigenvalue weighted by Crippen LogP contribution is -2.40. The summed E-state index contributed by atoms with van der Waals surface area (Å²) in [4.78, 5) is 23.8. The number of nitro groups is 1. The zero-order valence-corrected chi connectivity index (χ0v) is 11.1. The second-order valence-corrected chi connectivity index (χ2v) is 5.02. The fourth-order valence-corrected chi connectivity index (χ4v) is 2.17. The molecule has 1 aliphatic heterocycles. The number of rotatable bonds is 2. The zero-order valence-electron chi connectivity index (χ0n) is 11.1. The highest BCUT2D eigenvalue weighted by Gasteiger charge is 2.23. The monoisotopic (exact) mass is 281 g/mol. The van der Waals surface area contributed by atoms with Crippen molar-refractivity contribution in [1.82, 2.24) is 4.90 Å². The lowest BCUT2D eigenvalue weighted by molar-refractivity contribution is -0.384. The lowest BCUT2D eigenvalue weighted by Gasteiger charge is -2.30. The molecule has 1 saturated heterocycles. The van der Waals surface area contributed by atoms with Crippen LogP contribution in [0.1, 0.15) is 19.8 Å². The third kappa shape index (κ3) is 3.23. The van der Waals surface area contributed by atoms with E-state index in [1.165, 1.54) is 0 Å².